The second-order valence-corrected chi connectivity index (χ2v) is 9.40. The van der Waals surface area contributed by atoms with Gasteiger partial charge in [-0.15, -0.1) is 11.3 Å². The third-order valence-electron chi connectivity index (χ3n) is 5.87. The van der Waals surface area contributed by atoms with Crippen molar-refractivity contribution < 1.29 is 13.9 Å². The Morgan fingerprint density at radius 1 is 1.12 bits per heavy atom. The van der Waals surface area contributed by atoms with Crippen LogP contribution in [0.15, 0.2) is 60.7 Å². The van der Waals surface area contributed by atoms with E-state index in [1.165, 1.54) is 23.5 Å². The van der Waals surface area contributed by atoms with Gasteiger partial charge in [-0.2, -0.15) is 0 Å². The molecule has 34 heavy (non-hydrogen) atoms. The van der Waals surface area contributed by atoms with Gasteiger partial charge < -0.3 is 10.1 Å². The minimum absolute atomic E-state index is 0.131. The Balaban J connectivity index is 1.32. The van der Waals surface area contributed by atoms with E-state index in [-0.39, 0.29) is 17.6 Å². The number of amides is 1. The van der Waals surface area contributed by atoms with Crippen molar-refractivity contribution in [3.05, 3.63) is 88.3 Å². The monoisotopic (exact) mass is 473 g/mol. The Hall–Kier alpha value is -3.58. The number of nitrogens with zero attached hydrogens (tertiary/aromatic N) is 2. The molecule has 7 heteroatoms. The van der Waals surface area contributed by atoms with Crippen molar-refractivity contribution in [3.63, 3.8) is 0 Å². The molecule has 0 spiro atoms. The molecular formula is C27H24FN3O2S. The summed E-state index contributed by atoms with van der Waals surface area (Å²) in [7, 11) is 0. The van der Waals surface area contributed by atoms with E-state index in [2.05, 4.69) is 23.3 Å². The summed E-state index contributed by atoms with van der Waals surface area (Å²) >= 11 is 1.40. The number of hydrogen-bond acceptors (Lipinski definition) is 5. The predicted octanol–water partition coefficient (Wildman–Crippen LogP) is 5.79. The Labute approximate surface area is 201 Å². The zero-order valence-electron chi connectivity index (χ0n) is 19.0. The van der Waals surface area contributed by atoms with Gasteiger partial charge in [0.2, 0.25) is 0 Å². The standard InChI is InChI=1S/C27H24FN3O2S/c1-16-15-33-24-22(16)14-21(31-23(24)18-8-10-20(28)11-9-18)12-13-29-26(32)25-17(2)30-27(34-25)19-6-4-3-5-7-19/h3-11,14,16H,12-13,15H2,1-2H3,(H,29,32). The summed E-state index contributed by atoms with van der Waals surface area (Å²) in [6.07, 6.45) is 0.573. The second-order valence-electron chi connectivity index (χ2n) is 8.40. The summed E-state index contributed by atoms with van der Waals surface area (Å²) in [6.45, 7) is 5.01. The number of aryl methyl sites for hydroxylation is 1. The maximum Gasteiger partial charge on any atom is 0.263 e. The zero-order valence-corrected chi connectivity index (χ0v) is 19.8. The number of ether oxygens (including phenoxy) is 1. The summed E-state index contributed by atoms with van der Waals surface area (Å²) in [4.78, 5) is 22.8. The fraction of sp³-hybridized carbons (Fsp3) is 0.222. The van der Waals surface area contributed by atoms with Gasteiger partial charge in [-0.05, 0) is 37.3 Å². The topological polar surface area (TPSA) is 64.1 Å². The molecule has 0 saturated carbocycles. The van der Waals surface area contributed by atoms with Gasteiger partial charge >= 0.3 is 0 Å². The molecular weight excluding hydrogens is 449 g/mol. The Bertz CT molecular complexity index is 1340. The molecule has 1 aliphatic rings. The maximum absolute atomic E-state index is 13.4. The lowest BCUT2D eigenvalue weighted by atomic mass is 9.99. The molecule has 2 aromatic carbocycles. The first kappa shape index (κ1) is 22.2. The van der Waals surface area contributed by atoms with E-state index in [0.717, 1.165) is 38.8 Å². The minimum atomic E-state index is -0.290. The van der Waals surface area contributed by atoms with Crippen LogP contribution >= 0.6 is 11.3 Å². The average Bonchev–Trinajstić information content (AvgIpc) is 3.42. The number of hydrogen-bond donors (Lipinski definition) is 1. The van der Waals surface area contributed by atoms with Gasteiger partial charge in [0.15, 0.2) is 0 Å². The molecule has 2 aromatic heterocycles. The molecule has 1 atom stereocenters. The number of thiazole rings is 1. The molecule has 0 radical (unpaired) electrons. The van der Waals surface area contributed by atoms with Crippen molar-refractivity contribution >= 4 is 17.2 Å². The molecule has 4 aromatic rings. The summed E-state index contributed by atoms with van der Waals surface area (Å²) in [5.41, 5.74) is 5.21. The highest BCUT2D eigenvalue weighted by Gasteiger charge is 2.26. The fourth-order valence-electron chi connectivity index (χ4n) is 4.05. The van der Waals surface area contributed by atoms with Crippen LogP contribution in [0.4, 0.5) is 4.39 Å². The summed E-state index contributed by atoms with van der Waals surface area (Å²) in [5.74, 6) is 0.596. The molecule has 172 valence electrons. The molecule has 0 bridgehead atoms. The largest absolute Gasteiger partial charge is 0.490 e. The van der Waals surface area contributed by atoms with E-state index in [9.17, 15) is 9.18 Å². The number of nitrogens with one attached hydrogen (secondary N) is 1. The fourth-order valence-corrected chi connectivity index (χ4v) is 5.04. The first-order valence-electron chi connectivity index (χ1n) is 11.2. The SMILES string of the molecule is Cc1nc(-c2ccccc2)sc1C(=O)NCCc1cc2c(c(-c3ccc(F)cc3)n1)OCC2C. The van der Waals surface area contributed by atoms with E-state index < -0.39 is 0 Å². The van der Waals surface area contributed by atoms with Crippen molar-refractivity contribution in [1.29, 1.82) is 0 Å². The lowest BCUT2D eigenvalue weighted by molar-refractivity contribution is 0.0957. The molecule has 0 fully saturated rings. The van der Waals surface area contributed by atoms with Gasteiger partial charge in [0.1, 0.15) is 27.1 Å². The van der Waals surface area contributed by atoms with Gasteiger partial charge in [-0.1, -0.05) is 37.3 Å². The van der Waals surface area contributed by atoms with E-state index in [1.54, 1.807) is 12.1 Å². The number of carbonyl (C=O) groups excluding carboxylic acids is 1. The quantitative estimate of drug-likeness (QED) is 0.385. The van der Waals surface area contributed by atoms with Crippen LogP contribution in [0.5, 0.6) is 5.75 Å². The van der Waals surface area contributed by atoms with Crippen LogP contribution in [0.2, 0.25) is 0 Å². The Morgan fingerprint density at radius 2 is 1.88 bits per heavy atom. The van der Waals surface area contributed by atoms with Crippen molar-refractivity contribution in [3.8, 4) is 27.6 Å². The number of pyridine rings is 1. The summed E-state index contributed by atoms with van der Waals surface area (Å²) < 4.78 is 19.3. The van der Waals surface area contributed by atoms with Gasteiger partial charge in [-0.25, -0.2) is 14.4 Å². The molecule has 0 saturated heterocycles. The minimum Gasteiger partial charge on any atom is -0.490 e. The number of fused-ring (bicyclic) bond motifs is 1. The van der Waals surface area contributed by atoms with Crippen molar-refractivity contribution in [1.82, 2.24) is 15.3 Å². The Kier molecular flexibility index (Phi) is 6.11. The van der Waals surface area contributed by atoms with Crippen LogP contribution in [0.1, 0.15) is 39.5 Å². The molecule has 5 rings (SSSR count). The normalized spacial score (nSPS) is 14.5. The Morgan fingerprint density at radius 3 is 2.65 bits per heavy atom. The van der Waals surface area contributed by atoms with Crippen LogP contribution in [0, 0.1) is 12.7 Å². The van der Waals surface area contributed by atoms with Gasteiger partial charge in [0.25, 0.3) is 5.91 Å². The lowest BCUT2D eigenvalue weighted by Gasteiger charge is -2.12. The van der Waals surface area contributed by atoms with Gasteiger partial charge in [-0.3, -0.25) is 4.79 Å². The van der Waals surface area contributed by atoms with Crippen LogP contribution < -0.4 is 10.1 Å². The number of halogens is 1. The average molecular weight is 474 g/mol. The van der Waals surface area contributed by atoms with Crippen LogP contribution in [0.25, 0.3) is 21.8 Å². The van der Waals surface area contributed by atoms with E-state index in [1.807, 2.05) is 37.3 Å². The van der Waals surface area contributed by atoms with Crippen molar-refractivity contribution in [2.24, 2.45) is 0 Å². The summed E-state index contributed by atoms with van der Waals surface area (Å²) in [6, 6.07) is 18.2. The number of aromatic nitrogens is 2. The molecule has 1 unspecified atom stereocenters. The maximum atomic E-state index is 13.4. The highest BCUT2D eigenvalue weighted by Crippen LogP contribution is 2.41. The summed E-state index contributed by atoms with van der Waals surface area (Å²) in [5, 5.41) is 3.84. The number of benzene rings is 2. The lowest BCUT2D eigenvalue weighted by Crippen LogP contribution is -2.25. The van der Waals surface area contributed by atoms with Crippen LogP contribution in [0.3, 0.4) is 0 Å². The highest BCUT2D eigenvalue weighted by atomic mass is 32.1. The highest BCUT2D eigenvalue weighted by molar-refractivity contribution is 7.17. The van der Waals surface area contributed by atoms with Gasteiger partial charge in [0.05, 0.1) is 12.3 Å². The second kappa shape index (κ2) is 9.35. The van der Waals surface area contributed by atoms with Crippen molar-refractivity contribution in [2.45, 2.75) is 26.2 Å². The smallest absolute Gasteiger partial charge is 0.263 e. The first-order valence-corrected chi connectivity index (χ1v) is 12.0. The van der Waals surface area contributed by atoms with E-state index in [4.69, 9.17) is 9.72 Å². The third kappa shape index (κ3) is 4.43. The van der Waals surface area contributed by atoms with Crippen molar-refractivity contribution in [2.75, 3.05) is 13.2 Å². The number of rotatable bonds is 6. The van der Waals surface area contributed by atoms with Gasteiger partial charge in [0, 0.05) is 41.3 Å². The van der Waals surface area contributed by atoms with Crippen LogP contribution in [-0.2, 0) is 6.42 Å². The molecule has 1 amide bonds. The third-order valence-corrected chi connectivity index (χ3v) is 7.08. The molecule has 5 nitrogen and oxygen atoms in total. The molecule has 3 heterocycles. The first-order chi connectivity index (χ1) is 16.5. The van der Waals surface area contributed by atoms with E-state index >= 15 is 0 Å². The zero-order chi connectivity index (χ0) is 23.7. The number of carbonyl (C=O) groups is 1. The molecule has 0 aliphatic carbocycles. The molecule has 1 aliphatic heterocycles. The molecule has 1 N–H and O–H groups in total. The van der Waals surface area contributed by atoms with E-state index in [0.29, 0.717) is 30.1 Å². The van der Waals surface area contributed by atoms with Crippen LogP contribution in [-0.4, -0.2) is 29.0 Å². The predicted molar refractivity (Wildman–Crippen MR) is 132 cm³/mol.